The Kier molecular flexibility index (Phi) is 7.88. The normalized spacial score (nSPS) is 11.5. The maximum absolute atomic E-state index is 4.55. The van der Waals surface area contributed by atoms with Gasteiger partial charge in [0.15, 0.2) is 5.13 Å². The lowest BCUT2D eigenvalue weighted by atomic mass is 10.1. The van der Waals surface area contributed by atoms with Gasteiger partial charge in [0.05, 0.1) is 0 Å². The first-order chi connectivity index (χ1) is 12.0. The van der Waals surface area contributed by atoms with Crippen LogP contribution in [0.5, 0.6) is 0 Å². The summed E-state index contributed by atoms with van der Waals surface area (Å²) in [5, 5.41) is 4.67. The molecule has 2 aromatic rings. The van der Waals surface area contributed by atoms with Crippen LogP contribution in [0.25, 0.3) is 0 Å². The smallest absolute Gasteiger partial charge is 0.185 e. The molecule has 2 rings (SSSR count). The molecule has 0 amide bonds. The summed E-state index contributed by atoms with van der Waals surface area (Å²) in [6.45, 7) is 13.6. The Bertz CT molecular complexity index is 634. The van der Waals surface area contributed by atoms with E-state index in [-0.39, 0.29) is 0 Å². The lowest BCUT2D eigenvalue weighted by molar-refractivity contribution is 0.266. The Balaban J connectivity index is 1.85. The van der Waals surface area contributed by atoms with Gasteiger partial charge in [0.1, 0.15) is 0 Å². The molecule has 0 aliphatic heterocycles. The fourth-order valence-electron chi connectivity index (χ4n) is 2.66. The van der Waals surface area contributed by atoms with Gasteiger partial charge in [0.2, 0.25) is 0 Å². The topological polar surface area (TPSA) is 31.4 Å². The first-order valence-electron chi connectivity index (χ1n) is 9.21. The third-order valence-electron chi connectivity index (χ3n) is 4.51. The Hall–Kier alpha value is -1.43. The molecular formula is C20H32N4S. The van der Waals surface area contributed by atoms with Crippen LogP contribution in [0.1, 0.15) is 43.7 Å². The number of nitrogens with zero attached hydrogens (tertiary/aromatic N) is 3. The highest BCUT2D eigenvalue weighted by Crippen LogP contribution is 2.22. The molecule has 0 saturated heterocycles. The fraction of sp³-hybridized carbons (Fsp3) is 0.550. The zero-order valence-electron chi connectivity index (χ0n) is 16.2. The van der Waals surface area contributed by atoms with Gasteiger partial charge in [-0.15, -0.1) is 11.3 Å². The van der Waals surface area contributed by atoms with Crippen molar-refractivity contribution in [2.45, 2.75) is 53.4 Å². The fourth-order valence-corrected chi connectivity index (χ4v) is 3.66. The third kappa shape index (κ3) is 6.10. The van der Waals surface area contributed by atoms with Crippen molar-refractivity contribution in [3.63, 3.8) is 0 Å². The van der Waals surface area contributed by atoms with E-state index in [1.54, 1.807) is 11.3 Å². The van der Waals surface area contributed by atoms with Crippen LogP contribution >= 0.6 is 11.3 Å². The molecule has 0 aliphatic carbocycles. The SMILES string of the molecule is CCN(CC)c1ncc(CNCc2cccc(CN(C)C(C)C)c2)s1. The van der Waals surface area contributed by atoms with Crippen LogP contribution < -0.4 is 10.2 Å². The Morgan fingerprint density at radius 1 is 1.12 bits per heavy atom. The van der Waals surface area contributed by atoms with Gasteiger partial charge in [0.25, 0.3) is 0 Å². The Morgan fingerprint density at radius 3 is 2.52 bits per heavy atom. The van der Waals surface area contributed by atoms with Crippen LogP contribution in [0.2, 0.25) is 0 Å². The van der Waals surface area contributed by atoms with Crippen molar-refractivity contribution in [1.29, 1.82) is 0 Å². The zero-order valence-corrected chi connectivity index (χ0v) is 17.1. The zero-order chi connectivity index (χ0) is 18.2. The van der Waals surface area contributed by atoms with Gasteiger partial charge in [-0.3, -0.25) is 4.90 Å². The van der Waals surface area contributed by atoms with E-state index in [9.17, 15) is 0 Å². The second-order valence-electron chi connectivity index (χ2n) is 6.71. The average molecular weight is 361 g/mol. The summed E-state index contributed by atoms with van der Waals surface area (Å²) in [6, 6.07) is 9.43. The molecule has 0 radical (unpaired) electrons. The lowest BCUT2D eigenvalue weighted by Crippen LogP contribution is -2.25. The number of hydrogen-bond acceptors (Lipinski definition) is 5. The Morgan fingerprint density at radius 2 is 1.84 bits per heavy atom. The molecule has 0 unspecified atom stereocenters. The number of anilines is 1. The van der Waals surface area contributed by atoms with Crippen molar-refractivity contribution in [2.75, 3.05) is 25.0 Å². The molecule has 5 heteroatoms. The highest BCUT2D eigenvalue weighted by molar-refractivity contribution is 7.15. The first kappa shape index (κ1) is 19.9. The molecule has 138 valence electrons. The van der Waals surface area contributed by atoms with Crippen molar-refractivity contribution in [2.24, 2.45) is 0 Å². The van der Waals surface area contributed by atoms with Gasteiger partial charge >= 0.3 is 0 Å². The van der Waals surface area contributed by atoms with E-state index < -0.39 is 0 Å². The maximum Gasteiger partial charge on any atom is 0.185 e. The van der Waals surface area contributed by atoms with Crippen LogP contribution in [0.4, 0.5) is 5.13 Å². The number of thiazole rings is 1. The third-order valence-corrected chi connectivity index (χ3v) is 5.57. The van der Waals surface area contributed by atoms with Crippen LogP contribution in [-0.4, -0.2) is 36.1 Å². The molecule has 0 aliphatic rings. The van der Waals surface area contributed by atoms with Crippen molar-refractivity contribution in [3.05, 3.63) is 46.5 Å². The van der Waals surface area contributed by atoms with E-state index in [0.717, 1.165) is 37.9 Å². The summed E-state index contributed by atoms with van der Waals surface area (Å²) in [5.74, 6) is 0. The van der Waals surface area contributed by atoms with Crippen LogP contribution in [0.15, 0.2) is 30.5 Å². The molecule has 0 saturated carbocycles. The predicted molar refractivity (Wildman–Crippen MR) is 109 cm³/mol. The van der Waals surface area contributed by atoms with Crippen molar-refractivity contribution >= 4 is 16.5 Å². The number of hydrogen-bond donors (Lipinski definition) is 1. The van der Waals surface area contributed by atoms with Crippen molar-refractivity contribution in [1.82, 2.24) is 15.2 Å². The molecule has 1 N–H and O–H groups in total. The lowest BCUT2D eigenvalue weighted by Gasteiger charge is -2.21. The van der Waals surface area contributed by atoms with E-state index in [1.165, 1.54) is 16.0 Å². The minimum atomic E-state index is 0.563. The largest absolute Gasteiger partial charge is 0.349 e. The van der Waals surface area contributed by atoms with Gasteiger partial charge < -0.3 is 10.2 Å². The van der Waals surface area contributed by atoms with Crippen molar-refractivity contribution in [3.8, 4) is 0 Å². The second kappa shape index (κ2) is 9.90. The molecule has 0 fully saturated rings. The highest BCUT2D eigenvalue weighted by atomic mass is 32.1. The summed E-state index contributed by atoms with van der Waals surface area (Å²) >= 11 is 1.79. The Labute approximate surface area is 156 Å². The van der Waals surface area contributed by atoms with E-state index in [0.29, 0.717) is 6.04 Å². The van der Waals surface area contributed by atoms with Gasteiger partial charge in [0, 0.05) is 49.8 Å². The summed E-state index contributed by atoms with van der Waals surface area (Å²) in [7, 11) is 2.17. The molecule has 4 nitrogen and oxygen atoms in total. The van der Waals surface area contributed by atoms with E-state index in [4.69, 9.17) is 0 Å². The molecule has 1 heterocycles. The van der Waals surface area contributed by atoms with E-state index >= 15 is 0 Å². The molecular weight excluding hydrogens is 328 g/mol. The van der Waals surface area contributed by atoms with E-state index in [1.807, 2.05) is 6.20 Å². The van der Waals surface area contributed by atoms with Crippen molar-refractivity contribution < 1.29 is 0 Å². The van der Waals surface area contributed by atoms with Crippen LogP contribution in [-0.2, 0) is 19.6 Å². The monoisotopic (exact) mass is 360 g/mol. The summed E-state index contributed by atoms with van der Waals surface area (Å²) in [4.78, 5) is 10.5. The summed E-state index contributed by atoms with van der Waals surface area (Å²) < 4.78 is 0. The molecule has 25 heavy (non-hydrogen) atoms. The first-order valence-corrected chi connectivity index (χ1v) is 10.0. The molecule has 0 spiro atoms. The van der Waals surface area contributed by atoms with Gasteiger partial charge in [-0.25, -0.2) is 4.98 Å². The van der Waals surface area contributed by atoms with Gasteiger partial charge in [-0.05, 0) is 45.9 Å². The predicted octanol–water partition coefficient (Wildman–Crippen LogP) is 4.12. The number of benzene rings is 1. The van der Waals surface area contributed by atoms with E-state index in [2.05, 4.69) is 79.1 Å². The summed E-state index contributed by atoms with van der Waals surface area (Å²) in [6.07, 6.45) is 2.00. The molecule has 1 aromatic carbocycles. The van der Waals surface area contributed by atoms with Crippen LogP contribution in [0, 0.1) is 0 Å². The summed E-state index contributed by atoms with van der Waals surface area (Å²) in [5.41, 5.74) is 2.71. The average Bonchev–Trinajstić information content (AvgIpc) is 3.05. The van der Waals surface area contributed by atoms with Gasteiger partial charge in [-0.1, -0.05) is 24.3 Å². The number of rotatable bonds is 10. The molecule has 0 bridgehead atoms. The standard InChI is InChI=1S/C20H32N4S/c1-6-24(7-2)20-22-14-19(25-20)13-21-12-17-9-8-10-18(11-17)15-23(5)16(3)4/h8-11,14,16,21H,6-7,12-13,15H2,1-5H3. The second-order valence-corrected chi connectivity index (χ2v) is 7.81. The maximum atomic E-state index is 4.55. The van der Waals surface area contributed by atoms with Gasteiger partial charge in [-0.2, -0.15) is 0 Å². The quantitative estimate of drug-likeness (QED) is 0.691. The molecule has 1 aromatic heterocycles. The minimum Gasteiger partial charge on any atom is -0.349 e. The minimum absolute atomic E-state index is 0.563. The number of nitrogens with one attached hydrogen (secondary N) is 1. The molecule has 0 atom stereocenters. The van der Waals surface area contributed by atoms with Crippen LogP contribution in [0.3, 0.4) is 0 Å². The highest BCUT2D eigenvalue weighted by Gasteiger charge is 2.08. The number of aromatic nitrogens is 1.